The van der Waals surface area contributed by atoms with E-state index in [1.165, 1.54) is 17.5 Å². The number of halogens is 1. The number of rotatable bonds is 2. The minimum absolute atomic E-state index is 0.0744. The van der Waals surface area contributed by atoms with E-state index in [9.17, 15) is 9.90 Å². The molecule has 114 valence electrons. The van der Waals surface area contributed by atoms with Crippen molar-refractivity contribution >= 4 is 21.9 Å². The third-order valence-electron chi connectivity index (χ3n) is 4.88. The monoisotopic (exact) mass is 353 g/mol. The SMILES string of the molecule is Cc1c2c(c(Br)c(O)c1C1CC(C(=O)O)CN1)CCCC2. The van der Waals surface area contributed by atoms with Crippen molar-refractivity contribution in [2.45, 2.75) is 45.1 Å². The van der Waals surface area contributed by atoms with Crippen molar-refractivity contribution in [1.29, 1.82) is 0 Å². The van der Waals surface area contributed by atoms with Crippen LogP contribution in [0, 0.1) is 12.8 Å². The Balaban J connectivity index is 2.03. The molecule has 5 heteroatoms. The molecule has 1 aromatic carbocycles. The third-order valence-corrected chi connectivity index (χ3v) is 5.74. The van der Waals surface area contributed by atoms with Crippen LogP contribution in [-0.2, 0) is 17.6 Å². The number of carboxylic acids is 1. The van der Waals surface area contributed by atoms with Crippen LogP contribution in [-0.4, -0.2) is 22.7 Å². The second-order valence-corrected chi connectivity index (χ2v) is 6.89. The number of hydrogen-bond acceptors (Lipinski definition) is 3. The zero-order valence-corrected chi connectivity index (χ0v) is 13.7. The average Bonchev–Trinajstić information content (AvgIpc) is 2.95. The first-order chi connectivity index (χ1) is 10.0. The van der Waals surface area contributed by atoms with E-state index >= 15 is 0 Å². The lowest BCUT2D eigenvalue weighted by molar-refractivity contribution is -0.141. The smallest absolute Gasteiger partial charge is 0.307 e. The van der Waals surface area contributed by atoms with Crippen LogP contribution in [0.2, 0.25) is 0 Å². The fraction of sp³-hybridized carbons (Fsp3) is 0.562. The summed E-state index contributed by atoms with van der Waals surface area (Å²) in [6, 6.07) is -0.0744. The number of nitrogens with one attached hydrogen (secondary N) is 1. The zero-order chi connectivity index (χ0) is 15.1. The van der Waals surface area contributed by atoms with Gasteiger partial charge in [0.25, 0.3) is 0 Å². The molecule has 0 aromatic heterocycles. The number of hydrogen-bond donors (Lipinski definition) is 3. The van der Waals surface area contributed by atoms with E-state index in [4.69, 9.17) is 5.11 Å². The van der Waals surface area contributed by atoms with E-state index in [0.29, 0.717) is 13.0 Å². The molecule has 2 aliphatic rings. The molecule has 1 heterocycles. The van der Waals surface area contributed by atoms with E-state index < -0.39 is 5.97 Å². The number of benzene rings is 1. The second kappa shape index (κ2) is 5.61. The predicted molar refractivity (Wildman–Crippen MR) is 83.7 cm³/mol. The molecule has 1 aliphatic carbocycles. The van der Waals surface area contributed by atoms with Gasteiger partial charge >= 0.3 is 5.97 Å². The molecule has 0 saturated carbocycles. The summed E-state index contributed by atoms with van der Waals surface area (Å²) in [5, 5.41) is 23.0. The average molecular weight is 354 g/mol. The van der Waals surface area contributed by atoms with Gasteiger partial charge in [-0.15, -0.1) is 0 Å². The Bertz CT molecular complexity index is 600. The summed E-state index contributed by atoms with van der Waals surface area (Å²) in [6.45, 7) is 2.52. The fourth-order valence-corrected chi connectivity index (χ4v) is 4.38. The lowest BCUT2D eigenvalue weighted by atomic mass is 9.83. The highest BCUT2D eigenvalue weighted by atomic mass is 79.9. The Morgan fingerprint density at radius 2 is 1.95 bits per heavy atom. The van der Waals surface area contributed by atoms with Gasteiger partial charge in [-0.05, 0) is 71.6 Å². The lowest BCUT2D eigenvalue weighted by Crippen LogP contribution is -2.18. The normalized spacial score (nSPS) is 24.9. The quantitative estimate of drug-likeness (QED) is 0.764. The highest BCUT2D eigenvalue weighted by molar-refractivity contribution is 9.10. The molecule has 21 heavy (non-hydrogen) atoms. The van der Waals surface area contributed by atoms with Crippen LogP contribution < -0.4 is 5.32 Å². The number of phenolic OH excluding ortho intramolecular Hbond substituents is 1. The largest absolute Gasteiger partial charge is 0.506 e. The van der Waals surface area contributed by atoms with E-state index in [2.05, 4.69) is 28.2 Å². The first kappa shape index (κ1) is 14.9. The van der Waals surface area contributed by atoms with Crippen molar-refractivity contribution in [3.05, 3.63) is 26.7 Å². The van der Waals surface area contributed by atoms with Gasteiger partial charge in [-0.3, -0.25) is 4.79 Å². The van der Waals surface area contributed by atoms with Crippen molar-refractivity contribution in [3.8, 4) is 5.75 Å². The minimum Gasteiger partial charge on any atom is -0.506 e. The van der Waals surface area contributed by atoms with Crippen LogP contribution in [0.1, 0.15) is 47.6 Å². The number of aromatic hydroxyl groups is 1. The molecule has 4 nitrogen and oxygen atoms in total. The fourth-order valence-electron chi connectivity index (χ4n) is 3.73. The maximum absolute atomic E-state index is 11.1. The Morgan fingerprint density at radius 1 is 1.29 bits per heavy atom. The summed E-state index contributed by atoms with van der Waals surface area (Å²) < 4.78 is 0.804. The molecular weight excluding hydrogens is 334 g/mol. The number of fused-ring (bicyclic) bond motifs is 1. The minimum atomic E-state index is -0.765. The van der Waals surface area contributed by atoms with E-state index in [1.54, 1.807) is 0 Å². The Morgan fingerprint density at radius 3 is 2.57 bits per heavy atom. The standard InChI is InChI=1S/C16H20BrNO3/c1-8-10-4-2-3-5-11(10)14(17)15(19)13(8)12-6-9(7-18-12)16(20)21/h9,12,18-19H,2-7H2,1H3,(H,20,21). The van der Waals surface area contributed by atoms with Crippen LogP contribution in [0.5, 0.6) is 5.75 Å². The molecule has 1 aromatic rings. The summed E-state index contributed by atoms with van der Waals surface area (Å²) >= 11 is 3.55. The van der Waals surface area contributed by atoms with Gasteiger partial charge in [0.2, 0.25) is 0 Å². The van der Waals surface area contributed by atoms with Crippen molar-refractivity contribution in [2.75, 3.05) is 6.54 Å². The van der Waals surface area contributed by atoms with Gasteiger partial charge in [0.1, 0.15) is 5.75 Å². The van der Waals surface area contributed by atoms with Gasteiger partial charge in [0.15, 0.2) is 0 Å². The predicted octanol–water partition coefficient (Wildman–Crippen LogP) is 3.08. The molecule has 2 atom stereocenters. The molecule has 0 spiro atoms. The topological polar surface area (TPSA) is 69.6 Å². The molecule has 1 fully saturated rings. The summed E-state index contributed by atoms with van der Waals surface area (Å²) in [7, 11) is 0. The van der Waals surface area contributed by atoms with E-state index in [0.717, 1.165) is 34.9 Å². The Kier molecular flexibility index (Phi) is 3.97. The van der Waals surface area contributed by atoms with Crippen LogP contribution in [0.4, 0.5) is 0 Å². The molecule has 3 rings (SSSR count). The summed E-state index contributed by atoms with van der Waals surface area (Å²) in [5.41, 5.74) is 4.58. The van der Waals surface area contributed by atoms with Crippen LogP contribution in [0.25, 0.3) is 0 Å². The maximum Gasteiger partial charge on any atom is 0.307 e. The number of carbonyl (C=O) groups is 1. The zero-order valence-electron chi connectivity index (χ0n) is 12.1. The first-order valence-corrected chi connectivity index (χ1v) is 8.28. The number of phenols is 1. The van der Waals surface area contributed by atoms with Gasteiger partial charge < -0.3 is 15.5 Å². The summed E-state index contributed by atoms with van der Waals surface area (Å²) in [5.74, 6) is -0.848. The van der Waals surface area contributed by atoms with E-state index in [-0.39, 0.29) is 17.7 Å². The summed E-state index contributed by atoms with van der Waals surface area (Å²) in [4.78, 5) is 11.1. The molecule has 0 amide bonds. The van der Waals surface area contributed by atoms with Crippen molar-refractivity contribution < 1.29 is 15.0 Å². The lowest BCUT2D eigenvalue weighted by Gasteiger charge is -2.26. The second-order valence-electron chi connectivity index (χ2n) is 6.10. The maximum atomic E-state index is 11.1. The van der Waals surface area contributed by atoms with Gasteiger partial charge in [0, 0.05) is 18.2 Å². The van der Waals surface area contributed by atoms with E-state index in [1.807, 2.05) is 0 Å². The van der Waals surface area contributed by atoms with Crippen molar-refractivity contribution in [3.63, 3.8) is 0 Å². The molecule has 0 radical (unpaired) electrons. The van der Waals surface area contributed by atoms with Gasteiger partial charge in [-0.2, -0.15) is 0 Å². The van der Waals surface area contributed by atoms with Crippen LogP contribution in [0.15, 0.2) is 4.47 Å². The molecule has 2 unspecified atom stereocenters. The van der Waals surface area contributed by atoms with Gasteiger partial charge in [-0.1, -0.05) is 0 Å². The molecule has 3 N–H and O–H groups in total. The van der Waals surface area contributed by atoms with Crippen LogP contribution >= 0.6 is 15.9 Å². The molecule has 1 saturated heterocycles. The van der Waals surface area contributed by atoms with Gasteiger partial charge in [0.05, 0.1) is 10.4 Å². The van der Waals surface area contributed by atoms with Gasteiger partial charge in [-0.25, -0.2) is 0 Å². The highest BCUT2D eigenvalue weighted by Crippen LogP contribution is 2.45. The number of carboxylic acid groups (broad SMARTS) is 1. The number of aliphatic carboxylic acids is 1. The molecule has 0 bridgehead atoms. The molecular formula is C16H20BrNO3. The highest BCUT2D eigenvalue weighted by Gasteiger charge is 2.34. The Hall–Kier alpha value is -1.07. The Labute approximate surface area is 132 Å². The van der Waals surface area contributed by atoms with Crippen molar-refractivity contribution in [2.24, 2.45) is 5.92 Å². The molecule has 1 aliphatic heterocycles. The van der Waals surface area contributed by atoms with Crippen LogP contribution in [0.3, 0.4) is 0 Å². The summed E-state index contributed by atoms with van der Waals surface area (Å²) in [6.07, 6.45) is 4.92. The first-order valence-electron chi connectivity index (χ1n) is 7.49. The third kappa shape index (κ3) is 2.46. The van der Waals surface area contributed by atoms with Crippen molar-refractivity contribution in [1.82, 2.24) is 5.32 Å².